The third kappa shape index (κ3) is 23.0. The summed E-state index contributed by atoms with van der Waals surface area (Å²) in [5, 5.41) is 0. The van der Waals surface area contributed by atoms with Crippen LogP contribution < -0.4 is 27.4 Å². The van der Waals surface area contributed by atoms with Crippen molar-refractivity contribution < 1.29 is 27.4 Å². The predicted molar refractivity (Wildman–Crippen MR) is 420 cm³/mol. The lowest BCUT2D eigenvalue weighted by Crippen LogP contribution is -2.32. The first-order chi connectivity index (χ1) is 43.5. The van der Waals surface area contributed by atoms with Crippen molar-refractivity contribution in [3.05, 3.63) is 322 Å². The summed E-state index contributed by atoms with van der Waals surface area (Å²) in [6.07, 6.45) is 12.8. The highest BCUT2D eigenvalue weighted by molar-refractivity contribution is 5.66. The second-order valence-electron chi connectivity index (χ2n) is 24.4. The first-order valence-electron chi connectivity index (χ1n) is 31.7. The molecule has 0 fully saturated rings. The third-order valence-corrected chi connectivity index (χ3v) is 16.8. The molecule has 510 valence electrons. The molecule has 0 aliphatic carbocycles. The topological polar surface area (TPSA) is 23.3 Å². The number of benzene rings is 6. The molecule has 0 unspecified atom stereocenters. The molecule has 12 aromatic rings. The van der Waals surface area contributed by atoms with Gasteiger partial charge in [0.05, 0.1) is 0 Å². The Labute approximate surface area is 590 Å². The van der Waals surface area contributed by atoms with E-state index < -0.39 is 0 Å². The molecule has 6 heterocycles. The van der Waals surface area contributed by atoms with E-state index in [-0.39, 0.29) is 44.6 Å². The molecular weight excluding hydrogens is 1180 g/mol. The Morgan fingerprint density at radius 2 is 0.526 bits per heavy atom. The van der Waals surface area contributed by atoms with E-state index in [1.807, 2.05) is 6.07 Å². The molecule has 6 aromatic carbocycles. The molecule has 0 saturated carbocycles. The zero-order valence-electron chi connectivity index (χ0n) is 57.9. The Morgan fingerprint density at radius 3 is 0.938 bits per heavy atom. The van der Waals surface area contributed by atoms with Crippen LogP contribution in [0.4, 0.5) is 0 Å². The number of hydrogen-bond acceptors (Lipinski definition) is 0. The minimum atomic E-state index is 0. The van der Waals surface area contributed by atoms with E-state index in [1.165, 1.54) is 140 Å². The van der Waals surface area contributed by atoms with Gasteiger partial charge in [-0.15, -0.1) is 0 Å². The van der Waals surface area contributed by atoms with Crippen LogP contribution in [0.1, 0.15) is 117 Å². The molecular formula is C91H122N6+6. The minimum absolute atomic E-state index is 0. The maximum absolute atomic E-state index is 2.26. The van der Waals surface area contributed by atoms with Crippen molar-refractivity contribution in [3.63, 3.8) is 0 Å². The molecule has 0 amide bonds. The molecule has 0 aliphatic rings. The summed E-state index contributed by atoms with van der Waals surface area (Å²) in [4.78, 5) is 0. The van der Waals surface area contributed by atoms with Crippen LogP contribution in [0.25, 0.3) is 67.5 Å². The van der Waals surface area contributed by atoms with Crippen LogP contribution in [0.2, 0.25) is 0 Å². The molecule has 12 rings (SSSR count). The summed E-state index contributed by atoms with van der Waals surface area (Å²) in [5.41, 5.74) is 32.7. The molecule has 0 atom stereocenters. The van der Waals surface area contributed by atoms with E-state index in [9.17, 15) is 0 Å². The fourth-order valence-electron chi connectivity index (χ4n) is 11.7. The second kappa shape index (κ2) is 40.6. The molecule has 6 aromatic heterocycles. The summed E-state index contributed by atoms with van der Waals surface area (Å²) >= 11 is 0. The first-order valence-corrected chi connectivity index (χ1v) is 31.7. The maximum Gasteiger partial charge on any atom is 0.215 e. The lowest BCUT2D eigenvalue weighted by atomic mass is 10.0. The zero-order valence-corrected chi connectivity index (χ0v) is 57.9. The number of rotatable bonds is 6. The Kier molecular flexibility index (Phi) is 35.7. The number of aromatic nitrogens is 6. The fourth-order valence-corrected chi connectivity index (χ4v) is 11.7. The average Bonchev–Trinajstić information content (AvgIpc) is 0.857. The van der Waals surface area contributed by atoms with Crippen LogP contribution in [0.15, 0.2) is 250 Å². The SMILES string of the molecule is C.C.C.C.C.C.Cc1cc(-c2ccccc2C)[n+](C)cc1C.Cc1cc(C)c(-c2ccccc2C)[n+](C)c1.Cc1cc[n+](C)c(-c2ccccc2C)c1.Cc1ccc(-c2ccccc2C)[n+](C)c1.Cc1ccccc1-c1c(C)ccc[n+]1C.Cc1ccccc1-c1cccc[n+]1C. The third-order valence-electron chi connectivity index (χ3n) is 16.8. The van der Waals surface area contributed by atoms with Gasteiger partial charge in [-0.2, -0.15) is 0 Å². The number of pyridine rings is 6. The quantitative estimate of drug-likeness (QED) is 0.148. The number of aryl methyl sites for hydroxylation is 19. The monoisotopic (exact) mass is 1300 g/mol. The van der Waals surface area contributed by atoms with Crippen molar-refractivity contribution in [1.29, 1.82) is 0 Å². The van der Waals surface area contributed by atoms with Crippen LogP contribution in [0.3, 0.4) is 0 Å². The Hall–Kier alpha value is -9.78. The standard InChI is InChI=1S/2C15H18N.3C14H16N.C13H14N.6CH4/c1-11-9-13(3)15(16(4)10-11)14-8-6-5-7-12(14)2;1-11-7-5-6-8-14(11)15-9-12(2)13(3)10-16(15)4;1-11-7-4-5-9-13(11)14-12(2)8-6-10-15(14)3;1-11-8-9-15(3)14(10-11)13-7-5-4-6-12(13)2;1-11-8-9-14(15(3)10-11)13-7-5-4-6-12(13)2;1-11-7-3-4-8-12(11)13-9-5-6-10-14(13)2;;;;;;/h2*5-10H,1-4H3;3*4-10H,1-3H3;3-10H,1-2H3;6*1H4/q6*+1;;;;;;. The van der Waals surface area contributed by atoms with Gasteiger partial charge in [-0.05, 0) is 195 Å². The van der Waals surface area contributed by atoms with E-state index in [0.29, 0.717) is 0 Å². The normalized spacial score (nSPS) is 9.72. The van der Waals surface area contributed by atoms with Gasteiger partial charge in [0, 0.05) is 104 Å². The van der Waals surface area contributed by atoms with Crippen LogP contribution in [0.5, 0.6) is 0 Å². The molecule has 97 heavy (non-hydrogen) atoms. The summed E-state index contributed by atoms with van der Waals surface area (Å²) in [6, 6.07) is 74.6. The zero-order chi connectivity index (χ0) is 65.9. The van der Waals surface area contributed by atoms with Crippen LogP contribution in [-0.4, -0.2) is 0 Å². The van der Waals surface area contributed by atoms with Crippen LogP contribution >= 0.6 is 0 Å². The highest BCUT2D eigenvalue weighted by Gasteiger charge is 2.18. The van der Waals surface area contributed by atoms with Crippen molar-refractivity contribution in [1.82, 2.24) is 0 Å². The van der Waals surface area contributed by atoms with Gasteiger partial charge in [0.25, 0.3) is 0 Å². The highest BCUT2D eigenvalue weighted by Crippen LogP contribution is 2.27. The summed E-state index contributed by atoms with van der Waals surface area (Å²) < 4.78 is 13.1. The molecule has 0 spiro atoms. The minimum Gasteiger partial charge on any atom is -0.201 e. The lowest BCUT2D eigenvalue weighted by molar-refractivity contribution is -0.661. The number of hydrogen-bond donors (Lipinski definition) is 0. The van der Waals surface area contributed by atoms with Crippen molar-refractivity contribution in [2.75, 3.05) is 0 Å². The molecule has 0 radical (unpaired) electrons. The second-order valence-corrected chi connectivity index (χ2v) is 24.4. The smallest absolute Gasteiger partial charge is 0.201 e. The summed E-state index contributed by atoms with van der Waals surface area (Å²) in [7, 11) is 12.6. The first kappa shape index (κ1) is 85.2. The largest absolute Gasteiger partial charge is 0.215 e. The van der Waals surface area contributed by atoms with E-state index in [1.54, 1.807) is 0 Å². The van der Waals surface area contributed by atoms with Gasteiger partial charge in [-0.3, -0.25) is 0 Å². The van der Waals surface area contributed by atoms with Gasteiger partial charge in [0.2, 0.25) is 34.2 Å². The Balaban J connectivity index is 0.000000575. The van der Waals surface area contributed by atoms with E-state index in [2.05, 4.69) is 403 Å². The summed E-state index contributed by atoms with van der Waals surface area (Å²) in [6.45, 7) is 27.9. The van der Waals surface area contributed by atoms with Gasteiger partial charge < -0.3 is 0 Å². The van der Waals surface area contributed by atoms with Gasteiger partial charge in [0.15, 0.2) is 37.2 Å². The summed E-state index contributed by atoms with van der Waals surface area (Å²) in [5.74, 6) is 0. The number of nitrogens with zero attached hydrogens (tertiary/aromatic N) is 6. The molecule has 0 N–H and O–H groups in total. The molecule has 0 aliphatic heterocycles. The van der Waals surface area contributed by atoms with Crippen LogP contribution in [-0.2, 0) is 42.3 Å². The van der Waals surface area contributed by atoms with E-state index in [4.69, 9.17) is 0 Å². The van der Waals surface area contributed by atoms with E-state index in [0.717, 1.165) is 0 Å². The van der Waals surface area contributed by atoms with Gasteiger partial charge >= 0.3 is 0 Å². The van der Waals surface area contributed by atoms with Crippen LogP contribution in [0, 0.1) is 90.0 Å². The lowest BCUT2D eigenvalue weighted by Gasteiger charge is -2.07. The fraction of sp³-hybridized carbons (Fsp3) is 0.275. The highest BCUT2D eigenvalue weighted by atomic mass is 14.9. The van der Waals surface area contributed by atoms with Crippen molar-refractivity contribution in [2.45, 2.75) is 135 Å². The van der Waals surface area contributed by atoms with Crippen molar-refractivity contribution in [2.24, 2.45) is 42.3 Å². The van der Waals surface area contributed by atoms with Gasteiger partial charge in [-0.25, -0.2) is 27.4 Å². The molecule has 6 nitrogen and oxygen atoms in total. The Bertz CT molecular complexity index is 4330. The molecule has 6 heteroatoms. The van der Waals surface area contributed by atoms with E-state index >= 15 is 0 Å². The predicted octanol–water partition coefficient (Wildman–Crippen LogP) is 20.9. The van der Waals surface area contributed by atoms with Gasteiger partial charge in [0.1, 0.15) is 42.3 Å². The van der Waals surface area contributed by atoms with Crippen molar-refractivity contribution in [3.8, 4) is 67.5 Å². The van der Waals surface area contributed by atoms with Crippen molar-refractivity contribution >= 4 is 0 Å². The molecule has 0 saturated heterocycles. The molecule has 0 bridgehead atoms. The van der Waals surface area contributed by atoms with Gasteiger partial charge in [-0.1, -0.05) is 154 Å². The maximum atomic E-state index is 2.26. The average molecular weight is 1300 g/mol. The Morgan fingerprint density at radius 1 is 0.186 bits per heavy atom.